The molecule has 4 rings (SSSR count). The van der Waals surface area contributed by atoms with Crippen molar-refractivity contribution in [3.63, 3.8) is 0 Å². The van der Waals surface area contributed by atoms with Gasteiger partial charge in [-0.1, -0.05) is 48.2 Å². The molecule has 0 radical (unpaired) electrons. The topological polar surface area (TPSA) is 77.3 Å². The largest absolute Gasteiger partial charge is 0.497 e. The lowest BCUT2D eigenvalue weighted by Gasteiger charge is -2.05. The Morgan fingerprint density at radius 1 is 1.17 bits per heavy atom. The Hall–Kier alpha value is -2.84. The number of nitrogens with zero attached hydrogens (tertiary/aromatic N) is 2. The number of aryl methyl sites for hydroxylation is 1. The van der Waals surface area contributed by atoms with Gasteiger partial charge in [0.2, 0.25) is 5.13 Å². The zero-order valence-electron chi connectivity index (χ0n) is 16.0. The molecule has 0 spiro atoms. The lowest BCUT2D eigenvalue weighted by atomic mass is 10.1. The molecule has 4 aromatic rings. The Bertz CT molecular complexity index is 1200. The molecule has 0 unspecified atom stereocenters. The predicted octanol–water partition coefficient (Wildman–Crippen LogP) is 5.25. The maximum atomic E-state index is 12.0. The van der Waals surface area contributed by atoms with Gasteiger partial charge >= 0.3 is 5.63 Å². The van der Waals surface area contributed by atoms with Crippen LogP contribution in [0, 0.1) is 0 Å². The van der Waals surface area contributed by atoms with Gasteiger partial charge in [-0.2, -0.15) is 0 Å². The molecule has 2 aromatic heterocycles. The fourth-order valence-electron chi connectivity index (χ4n) is 2.90. The van der Waals surface area contributed by atoms with Crippen molar-refractivity contribution in [1.82, 2.24) is 10.2 Å². The third-order valence-electron chi connectivity index (χ3n) is 4.38. The van der Waals surface area contributed by atoms with Gasteiger partial charge in [0.15, 0.2) is 4.34 Å². The second-order valence-electron chi connectivity index (χ2n) is 6.29. The summed E-state index contributed by atoms with van der Waals surface area (Å²) in [5, 5.41) is 13.3. The Kier molecular flexibility index (Phi) is 5.82. The Balaban J connectivity index is 1.49. The molecule has 0 fully saturated rings. The summed E-state index contributed by atoms with van der Waals surface area (Å²) in [5.74, 6) is 1.39. The van der Waals surface area contributed by atoms with Gasteiger partial charge in [0.05, 0.1) is 7.11 Å². The highest BCUT2D eigenvalue weighted by atomic mass is 32.2. The average Bonchev–Trinajstić information content (AvgIpc) is 3.18. The molecule has 0 bridgehead atoms. The normalized spacial score (nSPS) is 11.0. The molecule has 1 N–H and O–H groups in total. The number of methoxy groups -OCH3 is 1. The van der Waals surface area contributed by atoms with Crippen LogP contribution in [-0.2, 0) is 12.2 Å². The van der Waals surface area contributed by atoms with E-state index in [0.717, 1.165) is 38.7 Å². The van der Waals surface area contributed by atoms with E-state index in [-0.39, 0.29) is 5.63 Å². The van der Waals surface area contributed by atoms with Crippen LogP contribution in [0.15, 0.2) is 62.1 Å². The number of nitrogens with one attached hydrogen (secondary N) is 1. The maximum absolute atomic E-state index is 12.0. The van der Waals surface area contributed by atoms with Gasteiger partial charge in [-0.3, -0.25) is 0 Å². The fraction of sp³-hybridized carbons (Fsp3) is 0.190. The standard InChI is InChI=1S/C21H19N3O3S2/c1-3-13-7-8-17-14(10-19(25)27-18(17)9-13)12-28-21-24-23-20(29-21)22-15-5-4-6-16(11-15)26-2/h4-11H,3,12H2,1-2H3,(H,22,23). The van der Waals surface area contributed by atoms with Crippen LogP contribution in [0.1, 0.15) is 18.1 Å². The maximum Gasteiger partial charge on any atom is 0.336 e. The van der Waals surface area contributed by atoms with Gasteiger partial charge in [-0.25, -0.2) is 4.79 Å². The number of hydrogen-bond acceptors (Lipinski definition) is 8. The van der Waals surface area contributed by atoms with Crippen molar-refractivity contribution in [2.24, 2.45) is 0 Å². The van der Waals surface area contributed by atoms with Crippen LogP contribution in [0.5, 0.6) is 5.75 Å². The lowest BCUT2D eigenvalue weighted by molar-refractivity contribution is 0.415. The molecule has 6 nitrogen and oxygen atoms in total. The minimum atomic E-state index is -0.334. The third kappa shape index (κ3) is 4.60. The molecule has 8 heteroatoms. The first kappa shape index (κ1) is 19.5. The second-order valence-corrected chi connectivity index (χ2v) is 8.49. The molecule has 0 aliphatic carbocycles. The summed E-state index contributed by atoms with van der Waals surface area (Å²) in [6.07, 6.45) is 0.895. The van der Waals surface area contributed by atoms with E-state index >= 15 is 0 Å². The Morgan fingerprint density at radius 2 is 2.07 bits per heavy atom. The molecular formula is C21H19N3O3S2. The second kappa shape index (κ2) is 8.67. The SMILES string of the molecule is CCc1ccc2c(CSc3nnc(Nc4cccc(OC)c4)s3)cc(=O)oc2c1. The quantitative estimate of drug-likeness (QED) is 0.320. The number of benzene rings is 2. The van der Waals surface area contributed by atoms with Crippen LogP contribution in [0.2, 0.25) is 0 Å². The Morgan fingerprint density at radius 3 is 2.90 bits per heavy atom. The summed E-state index contributed by atoms with van der Waals surface area (Å²) < 4.78 is 11.4. The van der Waals surface area contributed by atoms with E-state index < -0.39 is 0 Å². The predicted molar refractivity (Wildman–Crippen MR) is 118 cm³/mol. The van der Waals surface area contributed by atoms with Crippen LogP contribution in [0.3, 0.4) is 0 Å². The summed E-state index contributed by atoms with van der Waals surface area (Å²) in [6, 6.07) is 15.2. The number of ether oxygens (including phenoxy) is 1. The highest BCUT2D eigenvalue weighted by molar-refractivity contribution is 8.00. The number of anilines is 2. The highest BCUT2D eigenvalue weighted by Crippen LogP contribution is 2.32. The van der Waals surface area contributed by atoms with Crippen LogP contribution in [0.25, 0.3) is 11.0 Å². The van der Waals surface area contributed by atoms with Crippen LogP contribution in [0.4, 0.5) is 10.8 Å². The number of thioether (sulfide) groups is 1. The summed E-state index contributed by atoms with van der Waals surface area (Å²) in [6.45, 7) is 2.07. The van der Waals surface area contributed by atoms with Crippen molar-refractivity contribution in [2.75, 3.05) is 12.4 Å². The lowest BCUT2D eigenvalue weighted by Crippen LogP contribution is -2.00. The van der Waals surface area contributed by atoms with Gasteiger partial charge in [-0.15, -0.1) is 10.2 Å². The molecule has 0 saturated heterocycles. The van der Waals surface area contributed by atoms with Gasteiger partial charge in [0.1, 0.15) is 11.3 Å². The number of hydrogen-bond donors (Lipinski definition) is 1. The van der Waals surface area contributed by atoms with Crippen LogP contribution in [-0.4, -0.2) is 17.3 Å². The van der Waals surface area contributed by atoms with Gasteiger partial charge < -0.3 is 14.5 Å². The van der Waals surface area contributed by atoms with E-state index in [1.54, 1.807) is 24.9 Å². The molecule has 0 aliphatic heterocycles. The highest BCUT2D eigenvalue weighted by Gasteiger charge is 2.10. The zero-order valence-corrected chi connectivity index (χ0v) is 17.6. The van der Waals surface area contributed by atoms with Crippen LogP contribution >= 0.6 is 23.1 Å². The van der Waals surface area contributed by atoms with Gasteiger partial charge in [0, 0.05) is 29.0 Å². The van der Waals surface area contributed by atoms with Gasteiger partial charge in [0.25, 0.3) is 0 Å². The third-order valence-corrected chi connectivity index (χ3v) is 6.40. The first-order valence-corrected chi connectivity index (χ1v) is 10.9. The van der Waals surface area contributed by atoms with Crippen molar-refractivity contribution >= 4 is 44.9 Å². The molecule has 0 amide bonds. The molecule has 2 heterocycles. The molecule has 0 aliphatic rings. The van der Waals surface area contributed by atoms with Crippen molar-refractivity contribution in [3.05, 3.63) is 70.1 Å². The molecule has 0 atom stereocenters. The fourth-order valence-corrected chi connectivity index (χ4v) is 4.66. The number of aromatic nitrogens is 2. The summed E-state index contributed by atoms with van der Waals surface area (Å²) in [4.78, 5) is 12.0. The molecule has 148 valence electrons. The van der Waals surface area contributed by atoms with E-state index in [4.69, 9.17) is 9.15 Å². The minimum Gasteiger partial charge on any atom is -0.497 e. The van der Waals surface area contributed by atoms with E-state index in [0.29, 0.717) is 16.5 Å². The zero-order chi connectivity index (χ0) is 20.2. The van der Waals surface area contributed by atoms with Crippen LogP contribution < -0.4 is 15.7 Å². The van der Waals surface area contributed by atoms with E-state index in [1.165, 1.54) is 11.3 Å². The van der Waals surface area contributed by atoms with E-state index in [2.05, 4.69) is 28.5 Å². The van der Waals surface area contributed by atoms with Crippen molar-refractivity contribution in [3.8, 4) is 5.75 Å². The first-order valence-electron chi connectivity index (χ1n) is 9.07. The molecular weight excluding hydrogens is 406 g/mol. The summed E-state index contributed by atoms with van der Waals surface area (Å²) >= 11 is 3.01. The smallest absolute Gasteiger partial charge is 0.336 e. The van der Waals surface area contributed by atoms with E-state index in [9.17, 15) is 4.79 Å². The van der Waals surface area contributed by atoms with E-state index in [1.807, 2.05) is 36.4 Å². The monoisotopic (exact) mass is 425 g/mol. The molecule has 29 heavy (non-hydrogen) atoms. The van der Waals surface area contributed by atoms with Crippen molar-refractivity contribution < 1.29 is 9.15 Å². The molecule has 2 aromatic carbocycles. The summed E-state index contributed by atoms with van der Waals surface area (Å²) in [7, 11) is 1.63. The van der Waals surface area contributed by atoms with Crippen molar-refractivity contribution in [1.29, 1.82) is 0 Å². The number of rotatable bonds is 7. The van der Waals surface area contributed by atoms with Gasteiger partial charge in [-0.05, 0) is 35.7 Å². The number of fused-ring (bicyclic) bond motifs is 1. The summed E-state index contributed by atoms with van der Waals surface area (Å²) in [5.41, 5.74) is 3.25. The Labute approximate surface area is 175 Å². The minimum absolute atomic E-state index is 0.334. The van der Waals surface area contributed by atoms with Crippen molar-refractivity contribution in [2.45, 2.75) is 23.4 Å². The molecule has 0 saturated carbocycles. The average molecular weight is 426 g/mol. The first-order chi connectivity index (χ1) is 14.1.